The molecule has 0 aliphatic rings. The van der Waals surface area contributed by atoms with Crippen molar-refractivity contribution in [3.05, 3.63) is 99.5 Å². The second-order valence-electron chi connectivity index (χ2n) is 6.08. The van der Waals surface area contributed by atoms with E-state index in [-0.39, 0.29) is 12.2 Å². The van der Waals surface area contributed by atoms with Gasteiger partial charge in [-0.15, -0.1) is 0 Å². The lowest BCUT2D eigenvalue weighted by Crippen LogP contribution is -2.32. The van der Waals surface area contributed by atoms with Crippen LogP contribution in [0.2, 0.25) is 0 Å². The van der Waals surface area contributed by atoms with E-state index in [1.54, 1.807) is 12.1 Å². The molecule has 0 aliphatic carbocycles. The van der Waals surface area contributed by atoms with Crippen molar-refractivity contribution < 1.29 is 9.63 Å². The number of aromatic nitrogens is 1. The second-order valence-corrected chi connectivity index (χ2v) is 6.08. The topological polar surface area (TPSA) is 60.3 Å². The first kappa shape index (κ1) is 17.5. The minimum Gasteiger partial charge on any atom is -0.406 e. The maximum Gasteiger partial charge on any atom is 0.295 e. The van der Waals surface area contributed by atoms with Gasteiger partial charge in [0.15, 0.2) is 0 Å². The van der Waals surface area contributed by atoms with Gasteiger partial charge >= 0.3 is 0 Å². The summed E-state index contributed by atoms with van der Waals surface area (Å²) in [5.74, 6) is -0.461. The molecule has 5 nitrogen and oxygen atoms in total. The molecule has 0 atom stereocenters. The minimum atomic E-state index is -0.495. The molecule has 2 aromatic carbocycles. The van der Waals surface area contributed by atoms with Crippen molar-refractivity contribution in [2.75, 3.05) is 5.32 Å². The third-order valence-electron chi connectivity index (χ3n) is 4.04. The van der Waals surface area contributed by atoms with Crippen molar-refractivity contribution >= 4 is 11.6 Å². The van der Waals surface area contributed by atoms with Crippen LogP contribution < -0.4 is 15.7 Å². The van der Waals surface area contributed by atoms with E-state index in [0.717, 1.165) is 21.4 Å². The van der Waals surface area contributed by atoms with Gasteiger partial charge in [-0.3, -0.25) is 9.59 Å². The van der Waals surface area contributed by atoms with Gasteiger partial charge in [-0.25, -0.2) is 0 Å². The molecule has 0 bridgehead atoms. The summed E-state index contributed by atoms with van der Waals surface area (Å²) < 4.78 is 1.09. The minimum absolute atomic E-state index is 0.0275. The molecule has 5 heteroatoms. The number of amides is 1. The second kappa shape index (κ2) is 7.70. The van der Waals surface area contributed by atoms with Crippen LogP contribution in [0.15, 0.2) is 71.7 Å². The lowest BCUT2D eigenvalue weighted by Gasteiger charge is -2.11. The highest BCUT2D eigenvalue weighted by atomic mass is 16.7. The first-order valence-electron chi connectivity index (χ1n) is 8.32. The van der Waals surface area contributed by atoms with E-state index in [9.17, 15) is 9.59 Å². The normalized spacial score (nSPS) is 10.4. The number of anilines is 1. The number of carbonyl (C=O) groups is 1. The number of nitrogens with zero attached hydrogens (tertiary/aromatic N) is 1. The maximum atomic E-state index is 12.5. The summed E-state index contributed by atoms with van der Waals surface area (Å²) in [5, 5.41) is 2.77. The molecular weight excluding hydrogens is 328 g/mol. The largest absolute Gasteiger partial charge is 0.406 e. The molecule has 1 heterocycles. The molecule has 0 unspecified atom stereocenters. The fourth-order valence-electron chi connectivity index (χ4n) is 2.48. The SMILES string of the molecule is Cc1ccc(COn2cccc(C(=O)Nc3ccccc3C)c2=O)cc1. The first-order valence-corrected chi connectivity index (χ1v) is 8.32. The Kier molecular flexibility index (Phi) is 5.17. The summed E-state index contributed by atoms with van der Waals surface area (Å²) in [5.41, 5.74) is 3.23. The van der Waals surface area contributed by atoms with Crippen LogP contribution in [0, 0.1) is 13.8 Å². The third kappa shape index (κ3) is 4.00. The molecule has 0 radical (unpaired) electrons. The molecule has 26 heavy (non-hydrogen) atoms. The summed E-state index contributed by atoms with van der Waals surface area (Å²) in [6.07, 6.45) is 1.50. The number of nitrogens with one attached hydrogen (secondary N) is 1. The molecule has 1 aromatic heterocycles. The van der Waals surface area contributed by atoms with Crippen LogP contribution in [0.25, 0.3) is 0 Å². The lowest BCUT2D eigenvalue weighted by atomic mass is 10.2. The fourth-order valence-corrected chi connectivity index (χ4v) is 2.48. The van der Waals surface area contributed by atoms with Crippen molar-refractivity contribution in [3.8, 4) is 0 Å². The Morgan fingerprint density at radius 3 is 2.46 bits per heavy atom. The van der Waals surface area contributed by atoms with Gasteiger partial charge in [0.1, 0.15) is 12.2 Å². The Hall–Kier alpha value is -3.34. The molecule has 0 saturated heterocycles. The number of aryl methyl sites for hydroxylation is 2. The molecule has 3 rings (SSSR count). The van der Waals surface area contributed by atoms with Crippen molar-refractivity contribution in [2.24, 2.45) is 0 Å². The van der Waals surface area contributed by atoms with Crippen LogP contribution in [-0.2, 0) is 6.61 Å². The Balaban J connectivity index is 1.76. The van der Waals surface area contributed by atoms with Crippen LogP contribution in [0.5, 0.6) is 0 Å². The van der Waals surface area contributed by atoms with E-state index < -0.39 is 11.5 Å². The Morgan fingerprint density at radius 1 is 1.00 bits per heavy atom. The standard InChI is InChI=1S/C21H20N2O3/c1-15-9-11-17(12-10-15)14-26-23-13-5-7-18(21(23)25)20(24)22-19-8-4-3-6-16(19)2/h3-13H,14H2,1-2H3,(H,22,24). The van der Waals surface area contributed by atoms with Crippen LogP contribution in [0.1, 0.15) is 27.0 Å². The van der Waals surface area contributed by atoms with Crippen LogP contribution >= 0.6 is 0 Å². The van der Waals surface area contributed by atoms with E-state index in [4.69, 9.17) is 4.84 Å². The number of pyridine rings is 1. The first-order chi connectivity index (χ1) is 12.5. The quantitative estimate of drug-likeness (QED) is 0.769. The molecule has 0 saturated carbocycles. The number of hydrogen-bond acceptors (Lipinski definition) is 3. The predicted molar refractivity (Wildman–Crippen MR) is 101 cm³/mol. The van der Waals surface area contributed by atoms with E-state index in [1.165, 1.54) is 12.3 Å². The van der Waals surface area contributed by atoms with E-state index >= 15 is 0 Å². The zero-order valence-electron chi connectivity index (χ0n) is 14.7. The molecule has 132 valence electrons. The summed E-state index contributed by atoms with van der Waals surface area (Å²) in [4.78, 5) is 30.6. The lowest BCUT2D eigenvalue weighted by molar-refractivity contribution is 0.0863. The van der Waals surface area contributed by atoms with Gasteiger partial charge in [0.25, 0.3) is 11.5 Å². The van der Waals surface area contributed by atoms with Gasteiger partial charge in [0.05, 0.1) is 0 Å². The molecule has 1 amide bonds. The highest BCUT2D eigenvalue weighted by Gasteiger charge is 2.13. The zero-order valence-corrected chi connectivity index (χ0v) is 14.7. The Bertz CT molecular complexity index is 975. The average molecular weight is 348 g/mol. The number of rotatable bonds is 5. The highest BCUT2D eigenvalue weighted by Crippen LogP contribution is 2.13. The summed E-state index contributed by atoms with van der Waals surface area (Å²) >= 11 is 0. The average Bonchev–Trinajstić information content (AvgIpc) is 2.64. The van der Waals surface area contributed by atoms with Gasteiger partial charge in [0.2, 0.25) is 0 Å². The highest BCUT2D eigenvalue weighted by molar-refractivity contribution is 6.04. The Labute approximate surface area is 151 Å². The predicted octanol–water partition coefficient (Wildman–Crippen LogP) is 3.35. The molecular formula is C21H20N2O3. The molecule has 0 aliphatic heterocycles. The molecule has 0 spiro atoms. The molecule has 1 N–H and O–H groups in total. The zero-order chi connectivity index (χ0) is 18.5. The molecule has 3 aromatic rings. The maximum absolute atomic E-state index is 12.5. The van der Waals surface area contributed by atoms with E-state index in [0.29, 0.717) is 5.69 Å². The van der Waals surface area contributed by atoms with Crippen molar-refractivity contribution in [3.63, 3.8) is 0 Å². The van der Waals surface area contributed by atoms with Crippen LogP contribution in [0.3, 0.4) is 0 Å². The Morgan fingerprint density at radius 2 is 1.73 bits per heavy atom. The van der Waals surface area contributed by atoms with Crippen LogP contribution in [-0.4, -0.2) is 10.6 Å². The van der Waals surface area contributed by atoms with Gasteiger partial charge in [-0.05, 0) is 43.2 Å². The molecule has 0 fully saturated rings. The monoisotopic (exact) mass is 348 g/mol. The number of carbonyl (C=O) groups excluding carboxylic acids is 1. The summed E-state index contributed by atoms with van der Waals surface area (Å²) in [7, 11) is 0. The smallest absolute Gasteiger partial charge is 0.295 e. The summed E-state index contributed by atoms with van der Waals surface area (Å²) in [6.45, 7) is 4.14. The van der Waals surface area contributed by atoms with E-state index in [1.807, 2.05) is 56.3 Å². The number of para-hydroxylation sites is 1. The van der Waals surface area contributed by atoms with Crippen molar-refractivity contribution in [1.82, 2.24) is 4.73 Å². The fraction of sp³-hybridized carbons (Fsp3) is 0.143. The van der Waals surface area contributed by atoms with E-state index in [2.05, 4.69) is 5.32 Å². The van der Waals surface area contributed by atoms with Gasteiger partial charge in [-0.2, -0.15) is 4.73 Å². The number of benzene rings is 2. The van der Waals surface area contributed by atoms with Gasteiger partial charge in [-0.1, -0.05) is 48.0 Å². The van der Waals surface area contributed by atoms with Crippen molar-refractivity contribution in [1.29, 1.82) is 0 Å². The van der Waals surface area contributed by atoms with Crippen molar-refractivity contribution in [2.45, 2.75) is 20.5 Å². The van der Waals surface area contributed by atoms with Gasteiger partial charge < -0.3 is 10.2 Å². The summed E-state index contributed by atoms with van der Waals surface area (Å²) in [6, 6.07) is 18.3. The number of hydrogen-bond donors (Lipinski definition) is 1. The third-order valence-corrected chi connectivity index (χ3v) is 4.04. The van der Waals surface area contributed by atoms with Crippen LogP contribution in [0.4, 0.5) is 5.69 Å². The van der Waals surface area contributed by atoms with Gasteiger partial charge in [0, 0.05) is 11.9 Å².